The predicted octanol–water partition coefficient (Wildman–Crippen LogP) is 0.429. The molecule has 2 rings (SSSR count). The van der Waals surface area contributed by atoms with Crippen molar-refractivity contribution in [3.05, 3.63) is 23.6 Å². The van der Waals surface area contributed by atoms with E-state index in [0.29, 0.717) is 0 Å². The zero-order valence-electron chi connectivity index (χ0n) is 9.91. The van der Waals surface area contributed by atoms with Gasteiger partial charge in [-0.2, -0.15) is 0 Å². The minimum atomic E-state index is -1.55. The highest BCUT2D eigenvalue weighted by atomic mass is 19.1. The highest BCUT2D eigenvalue weighted by molar-refractivity contribution is 6.04. The average Bonchev–Trinajstić information content (AvgIpc) is 2.31. The van der Waals surface area contributed by atoms with E-state index in [1.54, 1.807) is 0 Å². The lowest BCUT2D eigenvalue weighted by Crippen LogP contribution is -2.52. The van der Waals surface area contributed by atoms with Gasteiger partial charge in [-0.05, 0) is 18.6 Å². The summed E-state index contributed by atoms with van der Waals surface area (Å²) in [5.74, 6) is -2.46. The standard InChI is InChI=1S/C12H12F2N2O3/c13-7-3-6(4-8(14)5-7)11(18)15-9-1-2-10(17)16-12(9)19/h3-4,7,9H,1-2,5H2,(H,15,18)(H,16,17,19). The molecule has 1 fully saturated rings. The summed E-state index contributed by atoms with van der Waals surface area (Å²) in [5.41, 5.74) is -0.152. The van der Waals surface area contributed by atoms with Crippen molar-refractivity contribution < 1.29 is 23.2 Å². The Labute approximate surface area is 107 Å². The summed E-state index contributed by atoms with van der Waals surface area (Å²) in [4.78, 5) is 34.1. The minimum absolute atomic E-state index is 0.117. The second-order valence-electron chi connectivity index (χ2n) is 4.41. The van der Waals surface area contributed by atoms with Crippen LogP contribution < -0.4 is 10.6 Å². The van der Waals surface area contributed by atoms with E-state index in [-0.39, 0.29) is 24.8 Å². The number of alkyl halides is 1. The molecule has 3 amide bonds. The van der Waals surface area contributed by atoms with Gasteiger partial charge in [0.05, 0.1) is 0 Å². The lowest BCUT2D eigenvalue weighted by atomic mass is 10.0. The molecule has 0 aromatic carbocycles. The lowest BCUT2D eigenvalue weighted by Gasteiger charge is -2.22. The molecule has 2 atom stereocenters. The van der Waals surface area contributed by atoms with Gasteiger partial charge in [-0.1, -0.05) is 0 Å². The highest BCUT2D eigenvalue weighted by Crippen LogP contribution is 2.21. The van der Waals surface area contributed by atoms with Gasteiger partial charge < -0.3 is 5.32 Å². The van der Waals surface area contributed by atoms with Crippen molar-refractivity contribution in [1.29, 1.82) is 0 Å². The lowest BCUT2D eigenvalue weighted by molar-refractivity contribution is -0.136. The van der Waals surface area contributed by atoms with Crippen molar-refractivity contribution in [2.75, 3.05) is 0 Å². The monoisotopic (exact) mass is 270 g/mol. The van der Waals surface area contributed by atoms with Crippen molar-refractivity contribution in [2.24, 2.45) is 0 Å². The Bertz CT molecular complexity index is 499. The largest absolute Gasteiger partial charge is 0.340 e. The molecular weight excluding hydrogens is 258 g/mol. The number of halogens is 2. The van der Waals surface area contributed by atoms with Crippen LogP contribution in [0.25, 0.3) is 0 Å². The average molecular weight is 270 g/mol. The van der Waals surface area contributed by atoms with E-state index in [1.165, 1.54) is 0 Å². The molecule has 0 bridgehead atoms. The van der Waals surface area contributed by atoms with E-state index in [2.05, 4.69) is 10.6 Å². The fourth-order valence-electron chi connectivity index (χ4n) is 1.93. The van der Waals surface area contributed by atoms with Gasteiger partial charge in [-0.15, -0.1) is 0 Å². The molecule has 1 aliphatic heterocycles. The third-order valence-corrected chi connectivity index (χ3v) is 2.87. The van der Waals surface area contributed by atoms with Crippen LogP contribution in [-0.4, -0.2) is 29.9 Å². The van der Waals surface area contributed by atoms with Gasteiger partial charge in [-0.25, -0.2) is 8.78 Å². The van der Waals surface area contributed by atoms with Crippen LogP contribution in [0, 0.1) is 0 Å². The van der Waals surface area contributed by atoms with Crippen molar-refractivity contribution >= 4 is 17.7 Å². The highest BCUT2D eigenvalue weighted by Gasteiger charge is 2.29. The first-order valence-corrected chi connectivity index (χ1v) is 5.82. The van der Waals surface area contributed by atoms with Crippen LogP contribution in [0.15, 0.2) is 23.6 Å². The summed E-state index contributed by atoms with van der Waals surface area (Å²) < 4.78 is 26.1. The Balaban J connectivity index is 2.02. The molecule has 2 aliphatic rings. The number of carbonyl (C=O) groups is 3. The number of hydrogen-bond acceptors (Lipinski definition) is 3. The number of carbonyl (C=O) groups excluding carboxylic acids is 3. The summed E-state index contributed by atoms with van der Waals surface area (Å²) in [6, 6.07) is -0.859. The third-order valence-electron chi connectivity index (χ3n) is 2.87. The van der Waals surface area contributed by atoms with E-state index in [4.69, 9.17) is 0 Å². The molecule has 19 heavy (non-hydrogen) atoms. The number of rotatable bonds is 2. The number of nitrogens with one attached hydrogen (secondary N) is 2. The minimum Gasteiger partial charge on any atom is -0.340 e. The van der Waals surface area contributed by atoms with Gasteiger partial charge >= 0.3 is 0 Å². The van der Waals surface area contributed by atoms with Crippen LogP contribution in [0.2, 0.25) is 0 Å². The molecule has 0 aromatic heterocycles. The Morgan fingerprint density at radius 2 is 2.16 bits per heavy atom. The zero-order chi connectivity index (χ0) is 14.0. The third kappa shape index (κ3) is 3.24. The summed E-state index contributed by atoms with van der Waals surface area (Å²) in [6.45, 7) is 0. The van der Waals surface area contributed by atoms with E-state index in [9.17, 15) is 23.2 Å². The molecule has 0 radical (unpaired) electrons. The van der Waals surface area contributed by atoms with Crippen LogP contribution in [-0.2, 0) is 14.4 Å². The molecule has 5 nitrogen and oxygen atoms in total. The van der Waals surface area contributed by atoms with Crippen LogP contribution in [0.1, 0.15) is 19.3 Å². The molecule has 0 saturated carbocycles. The van der Waals surface area contributed by atoms with Crippen molar-refractivity contribution in [2.45, 2.75) is 31.5 Å². The van der Waals surface area contributed by atoms with Gasteiger partial charge in [0.2, 0.25) is 11.8 Å². The number of piperidine rings is 1. The maximum atomic E-state index is 13.1. The van der Waals surface area contributed by atoms with Gasteiger partial charge in [0.1, 0.15) is 18.0 Å². The van der Waals surface area contributed by atoms with Gasteiger partial charge in [0.15, 0.2) is 0 Å². The molecule has 102 valence electrons. The molecule has 7 heteroatoms. The molecule has 0 spiro atoms. The molecule has 0 aromatic rings. The van der Waals surface area contributed by atoms with E-state index in [1.807, 2.05) is 0 Å². The Morgan fingerprint density at radius 3 is 2.79 bits per heavy atom. The molecule has 1 aliphatic carbocycles. The van der Waals surface area contributed by atoms with Crippen LogP contribution >= 0.6 is 0 Å². The molecule has 2 unspecified atom stereocenters. The first-order chi connectivity index (χ1) is 8.95. The second-order valence-corrected chi connectivity index (χ2v) is 4.41. The SMILES string of the molecule is O=C1CCC(NC(=O)C2=CC(F)CC(F)=C2)C(=O)N1. The van der Waals surface area contributed by atoms with Gasteiger partial charge in [-0.3, -0.25) is 19.7 Å². The summed E-state index contributed by atoms with van der Waals surface area (Å²) in [7, 11) is 0. The number of amides is 3. The number of allylic oxidation sites excluding steroid dienone is 2. The fourth-order valence-corrected chi connectivity index (χ4v) is 1.93. The summed E-state index contributed by atoms with van der Waals surface area (Å²) in [5, 5.41) is 4.43. The van der Waals surface area contributed by atoms with Crippen molar-refractivity contribution in [3.8, 4) is 0 Å². The van der Waals surface area contributed by atoms with E-state index < -0.39 is 35.8 Å². The number of imide groups is 1. The van der Waals surface area contributed by atoms with Gasteiger partial charge in [0.25, 0.3) is 5.91 Å². The van der Waals surface area contributed by atoms with Crippen LogP contribution in [0.5, 0.6) is 0 Å². The van der Waals surface area contributed by atoms with E-state index >= 15 is 0 Å². The Hall–Kier alpha value is -2.05. The fraction of sp³-hybridized carbons (Fsp3) is 0.417. The molecule has 1 saturated heterocycles. The van der Waals surface area contributed by atoms with Crippen molar-refractivity contribution in [1.82, 2.24) is 10.6 Å². The number of hydrogen-bond donors (Lipinski definition) is 2. The second kappa shape index (κ2) is 5.29. The first kappa shape index (κ1) is 13.4. The molecular formula is C12H12F2N2O3. The van der Waals surface area contributed by atoms with Crippen LogP contribution in [0.4, 0.5) is 8.78 Å². The normalized spacial score (nSPS) is 27.3. The van der Waals surface area contributed by atoms with Crippen molar-refractivity contribution in [3.63, 3.8) is 0 Å². The summed E-state index contributed by atoms with van der Waals surface area (Å²) in [6.07, 6.45) is 0.310. The topological polar surface area (TPSA) is 75.3 Å². The maximum Gasteiger partial charge on any atom is 0.251 e. The van der Waals surface area contributed by atoms with Gasteiger partial charge in [0, 0.05) is 18.4 Å². The zero-order valence-corrected chi connectivity index (χ0v) is 9.91. The summed E-state index contributed by atoms with van der Waals surface area (Å²) >= 11 is 0. The molecule has 1 heterocycles. The Kier molecular flexibility index (Phi) is 3.73. The Morgan fingerprint density at radius 1 is 1.42 bits per heavy atom. The smallest absolute Gasteiger partial charge is 0.251 e. The van der Waals surface area contributed by atoms with E-state index in [0.717, 1.165) is 12.2 Å². The molecule has 2 N–H and O–H groups in total. The quantitative estimate of drug-likeness (QED) is 0.714. The van der Waals surface area contributed by atoms with Crippen LogP contribution in [0.3, 0.4) is 0 Å². The maximum absolute atomic E-state index is 13.1. The predicted molar refractivity (Wildman–Crippen MR) is 61.1 cm³/mol. The first-order valence-electron chi connectivity index (χ1n) is 5.82.